The van der Waals surface area contributed by atoms with E-state index in [-0.39, 0.29) is 4.32 Å². The molecule has 0 heterocycles. The number of halogens is 2. The van der Waals surface area contributed by atoms with E-state index in [4.69, 9.17) is 5.11 Å². The third-order valence-corrected chi connectivity index (χ3v) is 5.05. The minimum absolute atomic E-state index is 0.159. The van der Waals surface area contributed by atoms with Crippen molar-refractivity contribution in [3.63, 3.8) is 0 Å². The molecule has 0 unspecified atom stereocenters. The average molecular weight is 316 g/mol. The monoisotopic (exact) mass is 314 g/mol. The summed E-state index contributed by atoms with van der Waals surface area (Å²) in [6.07, 6.45) is 3.24. The summed E-state index contributed by atoms with van der Waals surface area (Å²) in [6, 6.07) is 0. The van der Waals surface area contributed by atoms with Gasteiger partial charge in [-0.2, -0.15) is 0 Å². The smallest absolute Gasteiger partial charge is 0.0433 e. The lowest BCUT2D eigenvalue weighted by molar-refractivity contribution is 0.256. The standard InChI is InChI=1S/C10H20Br2O/c1-8(6-7-13)4-5-9(11)10(2,3)12/h8-9,13H,4-7H2,1-3H3/t8-,9-/m0/s1. The van der Waals surface area contributed by atoms with E-state index in [1.54, 1.807) is 0 Å². The third-order valence-electron chi connectivity index (χ3n) is 2.28. The fourth-order valence-electron chi connectivity index (χ4n) is 1.14. The van der Waals surface area contributed by atoms with Gasteiger partial charge in [0, 0.05) is 15.8 Å². The number of hydrogen-bond donors (Lipinski definition) is 1. The van der Waals surface area contributed by atoms with Gasteiger partial charge in [0.2, 0.25) is 0 Å². The normalized spacial score (nSPS) is 17.1. The van der Waals surface area contributed by atoms with Gasteiger partial charge in [0.25, 0.3) is 0 Å². The van der Waals surface area contributed by atoms with Crippen LogP contribution in [0.1, 0.15) is 40.0 Å². The van der Waals surface area contributed by atoms with Crippen molar-refractivity contribution in [3.8, 4) is 0 Å². The Morgan fingerprint density at radius 2 is 1.77 bits per heavy atom. The summed E-state index contributed by atoms with van der Waals surface area (Å²) in [6.45, 7) is 6.84. The fourth-order valence-corrected chi connectivity index (χ4v) is 1.63. The van der Waals surface area contributed by atoms with E-state index in [0.29, 0.717) is 17.4 Å². The van der Waals surface area contributed by atoms with E-state index in [1.807, 2.05) is 0 Å². The van der Waals surface area contributed by atoms with Crippen LogP contribution < -0.4 is 0 Å². The van der Waals surface area contributed by atoms with Gasteiger partial charge in [-0.15, -0.1) is 0 Å². The SMILES string of the molecule is C[C@H](CCO)CC[C@H](Br)C(C)(C)Br. The highest BCUT2D eigenvalue weighted by molar-refractivity contribution is 9.12. The number of aliphatic hydroxyl groups is 1. The average Bonchev–Trinajstić information content (AvgIpc) is 1.99. The summed E-state index contributed by atoms with van der Waals surface area (Å²) in [4.78, 5) is 0.501. The molecule has 0 bridgehead atoms. The molecule has 1 N–H and O–H groups in total. The van der Waals surface area contributed by atoms with Crippen LogP contribution in [0.5, 0.6) is 0 Å². The minimum atomic E-state index is 0.159. The molecule has 0 aromatic carbocycles. The predicted molar refractivity (Wildman–Crippen MR) is 65.8 cm³/mol. The van der Waals surface area contributed by atoms with Crippen LogP contribution in [0.2, 0.25) is 0 Å². The second-order valence-electron chi connectivity index (χ2n) is 4.23. The second-order valence-corrected chi connectivity index (χ2v) is 7.38. The first-order chi connectivity index (χ1) is 5.88. The molecule has 80 valence electrons. The second kappa shape index (κ2) is 6.41. The van der Waals surface area contributed by atoms with Crippen LogP contribution in [0.4, 0.5) is 0 Å². The molecule has 3 heteroatoms. The molecule has 0 saturated heterocycles. The number of hydrogen-bond acceptors (Lipinski definition) is 1. The number of rotatable bonds is 6. The topological polar surface area (TPSA) is 20.2 Å². The fraction of sp³-hybridized carbons (Fsp3) is 1.00. The van der Waals surface area contributed by atoms with Crippen molar-refractivity contribution in [2.75, 3.05) is 6.61 Å². The predicted octanol–water partition coefficient (Wildman–Crippen LogP) is 3.72. The molecule has 0 aliphatic heterocycles. The number of aliphatic hydroxyl groups excluding tert-OH is 1. The van der Waals surface area contributed by atoms with Crippen LogP contribution in [0.3, 0.4) is 0 Å². The summed E-state index contributed by atoms with van der Waals surface area (Å²) in [5, 5.41) is 8.74. The lowest BCUT2D eigenvalue weighted by Gasteiger charge is -2.24. The Hall–Kier alpha value is 0.920. The van der Waals surface area contributed by atoms with Gasteiger partial charge in [-0.25, -0.2) is 0 Å². The Balaban J connectivity index is 3.63. The Bertz CT molecular complexity index is 131. The highest BCUT2D eigenvalue weighted by Crippen LogP contribution is 2.31. The van der Waals surface area contributed by atoms with Gasteiger partial charge in [-0.3, -0.25) is 0 Å². The molecule has 0 radical (unpaired) electrons. The van der Waals surface area contributed by atoms with Gasteiger partial charge in [0.1, 0.15) is 0 Å². The van der Waals surface area contributed by atoms with Gasteiger partial charge in [-0.05, 0) is 39.0 Å². The van der Waals surface area contributed by atoms with Crippen molar-refractivity contribution < 1.29 is 5.11 Å². The summed E-state index contributed by atoms with van der Waals surface area (Å²) < 4.78 is 0.159. The van der Waals surface area contributed by atoms with Crippen LogP contribution in [0.15, 0.2) is 0 Å². The quantitative estimate of drug-likeness (QED) is 0.741. The summed E-state index contributed by atoms with van der Waals surface area (Å²) >= 11 is 7.31. The van der Waals surface area contributed by atoms with E-state index in [1.165, 1.54) is 6.42 Å². The number of alkyl halides is 2. The van der Waals surface area contributed by atoms with Crippen molar-refractivity contribution in [2.24, 2.45) is 5.92 Å². The van der Waals surface area contributed by atoms with E-state index in [0.717, 1.165) is 12.8 Å². The molecule has 13 heavy (non-hydrogen) atoms. The van der Waals surface area contributed by atoms with Gasteiger partial charge >= 0.3 is 0 Å². The van der Waals surface area contributed by atoms with Gasteiger partial charge in [0.15, 0.2) is 0 Å². The molecule has 0 aliphatic carbocycles. The molecule has 0 fully saturated rings. The molecule has 0 aromatic heterocycles. The largest absolute Gasteiger partial charge is 0.396 e. The van der Waals surface area contributed by atoms with Gasteiger partial charge < -0.3 is 5.11 Å². The molecule has 0 rings (SSSR count). The molecule has 0 aromatic rings. The highest BCUT2D eigenvalue weighted by atomic mass is 79.9. The molecular formula is C10H20Br2O. The van der Waals surface area contributed by atoms with Crippen molar-refractivity contribution in [1.82, 2.24) is 0 Å². The van der Waals surface area contributed by atoms with Crippen LogP contribution in [-0.2, 0) is 0 Å². The maximum atomic E-state index is 8.74. The zero-order valence-electron chi connectivity index (χ0n) is 8.69. The summed E-state index contributed by atoms with van der Waals surface area (Å²) in [5.74, 6) is 0.625. The molecule has 1 nitrogen and oxygen atoms in total. The Labute approximate surface area is 98.6 Å². The summed E-state index contributed by atoms with van der Waals surface area (Å²) in [5.41, 5.74) is 0. The van der Waals surface area contributed by atoms with E-state index in [2.05, 4.69) is 52.6 Å². The van der Waals surface area contributed by atoms with E-state index in [9.17, 15) is 0 Å². The van der Waals surface area contributed by atoms with E-state index < -0.39 is 0 Å². The van der Waals surface area contributed by atoms with Gasteiger partial charge in [-0.1, -0.05) is 38.8 Å². The van der Waals surface area contributed by atoms with Crippen molar-refractivity contribution >= 4 is 31.9 Å². The molecule has 0 spiro atoms. The van der Waals surface area contributed by atoms with Crippen molar-refractivity contribution in [3.05, 3.63) is 0 Å². The minimum Gasteiger partial charge on any atom is -0.396 e. The Morgan fingerprint density at radius 3 is 2.15 bits per heavy atom. The van der Waals surface area contributed by atoms with Crippen molar-refractivity contribution in [1.29, 1.82) is 0 Å². The van der Waals surface area contributed by atoms with Crippen LogP contribution in [0.25, 0.3) is 0 Å². The Kier molecular flexibility index (Phi) is 6.87. The summed E-state index contributed by atoms with van der Waals surface area (Å²) in [7, 11) is 0. The van der Waals surface area contributed by atoms with Crippen LogP contribution >= 0.6 is 31.9 Å². The lowest BCUT2D eigenvalue weighted by atomic mass is 9.97. The first-order valence-electron chi connectivity index (χ1n) is 4.81. The first-order valence-corrected chi connectivity index (χ1v) is 6.52. The van der Waals surface area contributed by atoms with Crippen LogP contribution in [0, 0.1) is 5.92 Å². The van der Waals surface area contributed by atoms with Crippen LogP contribution in [-0.4, -0.2) is 20.9 Å². The maximum absolute atomic E-state index is 8.74. The molecule has 0 aliphatic rings. The van der Waals surface area contributed by atoms with Gasteiger partial charge in [0.05, 0.1) is 0 Å². The molecule has 0 amide bonds. The Morgan fingerprint density at radius 1 is 1.23 bits per heavy atom. The first kappa shape index (κ1) is 13.9. The zero-order chi connectivity index (χ0) is 10.5. The molecular weight excluding hydrogens is 296 g/mol. The molecule has 0 saturated carbocycles. The lowest BCUT2D eigenvalue weighted by Crippen LogP contribution is -2.24. The maximum Gasteiger partial charge on any atom is 0.0433 e. The third kappa shape index (κ3) is 6.92. The van der Waals surface area contributed by atoms with Crippen molar-refractivity contribution in [2.45, 2.75) is 49.2 Å². The zero-order valence-corrected chi connectivity index (χ0v) is 11.9. The highest BCUT2D eigenvalue weighted by Gasteiger charge is 2.23. The van der Waals surface area contributed by atoms with E-state index >= 15 is 0 Å². The molecule has 2 atom stereocenters.